The molecule has 2 aromatic carbocycles. The van der Waals surface area contributed by atoms with Gasteiger partial charge in [-0.15, -0.1) is 0 Å². The summed E-state index contributed by atoms with van der Waals surface area (Å²) < 4.78 is 10.4. The average Bonchev–Trinajstić information content (AvgIpc) is 3.20. The number of nitrogens with one attached hydrogen (secondary N) is 1. The summed E-state index contributed by atoms with van der Waals surface area (Å²) in [6, 6.07) is 15.7. The number of esters is 1. The number of ether oxygens (including phenoxy) is 1. The molecular formula is C23H24ClN3O3. The maximum absolute atomic E-state index is 12.4. The number of hydrogen-bond acceptors (Lipinski definition) is 6. The van der Waals surface area contributed by atoms with Gasteiger partial charge < -0.3 is 19.5 Å². The van der Waals surface area contributed by atoms with Gasteiger partial charge in [0.2, 0.25) is 5.88 Å². The summed E-state index contributed by atoms with van der Waals surface area (Å²) in [7, 11) is 1.35. The number of fused-ring (bicyclic) bond motifs is 1. The van der Waals surface area contributed by atoms with Crippen molar-refractivity contribution in [1.82, 2.24) is 5.16 Å². The van der Waals surface area contributed by atoms with E-state index in [1.807, 2.05) is 0 Å². The van der Waals surface area contributed by atoms with Gasteiger partial charge in [-0.2, -0.15) is 0 Å². The smallest absolute Gasteiger partial charge is 0.345 e. The first-order valence-electron chi connectivity index (χ1n) is 10.1. The predicted octanol–water partition coefficient (Wildman–Crippen LogP) is 5.04. The summed E-state index contributed by atoms with van der Waals surface area (Å²) >= 11 is 5.96. The van der Waals surface area contributed by atoms with E-state index < -0.39 is 5.97 Å². The molecule has 0 atom stereocenters. The van der Waals surface area contributed by atoms with Gasteiger partial charge in [0.05, 0.1) is 7.11 Å². The van der Waals surface area contributed by atoms with Crippen molar-refractivity contribution in [3.63, 3.8) is 0 Å². The summed E-state index contributed by atoms with van der Waals surface area (Å²) in [6.07, 6.45) is 3.20. The molecule has 0 unspecified atom stereocenters. The highest BCUT2D eigenvalue weighted by Gasteiger charge is 2.25. The summed E-state index contributed by atoms with van der Waals surface area (Å²) in [6.45, 7) is 2.64. The average molecular weight is 426 g/mol. The van der Waals surface area contributed by atoms with Crippen molar-refractivity contribution in [2.45, 2.75) is 19.3 Å². The molecule has 1 aliphatic rings. The highest BCUT2D eigenvalue weighted by atomic mass is 35.5. The maximum atomic E-state index is 12.4. The van der Waals surface area contributed by atoms with Crippen LogP contribution in [0.25, 0.3) is 11.3 Å². The summed E-state index contributed by atoms with van der Waals surface area (Å²) in [5, 5.41) is 7.91. The number of anilines is 2. The largest absolute Gasteiger partial charge is 0.465 e. The highest BCUT2D eigenvalue weighted by Crippen LogP contribution is 2.31. The molecule has 4 rings (SSSR count). The molecule has 2 heterocycles. The molecule has 1 aliphatic heterocycles. The Morgan fingerprint density at radius 1 is 1.23 bits per heavy atom. The monoisotopic (exact) mass is 425 g/mol. The van der Waals surface area contributed by atoms with Crippen molar-refractivity contribution in [3.8, 4) is 11.3 Å². The van der Waals surface area contributed by atoms with Gasteiger partial charge >= 0.3 is 5.97 Å². The van der Waals surface area contributed by atoms with Crippen LogP contribution in [-0.4, -0.2) is 37.9 Å². The SMILES string of the molecule is COC(=O)c1c(-c2ccc(Cl)cc2)noc1NCCCN1CCCc2ccccc21. The zero-order valence-electron chi connectivity index (χ0n) is 16.9. The van der Waals surface area contributed by atoms with Crippen LogP contribution in [0.4, 0.5) is 11.6 Å². The molecule has 0 radical (unpaired) electrons. The fourth-order valence-electron chi connectivity index (χ4n) is 3.82. The second-order valence-electron chi connectivity index (χ2n) is 7.23. The second kappa shape index (κ2) is 9.22. The van der Waals surface area contributed by atoms with Gasteiger partial charge in [0.1, 0.15) is 5.69 Å². The number of aromatic nitrogens is 1. The Morgan fingerprint density at radius 3 is 2.83 bits per heavy atom. The highest BCUT2D eigenvalue weighted by molar-refractivity contribution is 6.30. The van der Waals surface area contributed by atoms with E-state index in [9.17, 15) is 4.79 Å². The van der Waals surface area contributed by atoms with Gasteiger partial charge in [-0.05, 0) is 43.0 Å². The van der Waals surface area contributed by atoms with Crippen LogP contribution in [0.1, 0.15) is 28.8 Å². The molecule has 0 fully saturated rings. The van der Waals surface area contributed by atoms with Gasteiger partial charge in [-0.25, -0.2) is 4.79 Å². The molecule has 0 bridgehead atoms. The molecule has 1 N–H and O–H groups in total. The number of carbonyl (C=O) groups excluding carboxylic acids is 1. The summed E-state index contributed by atoms with van der Waals surface area (Å²) in [5.74, 6) is -0.167. The number of aryl methyl sites for hydroxylation is 1. The van der Waals surface area contributed by atoms with Crippen LogP contribution < -0.4 is 10.2 Å². The zero-order valence-corrected chi connectivity index (χ0v) is 17.6. The van der Waals surface area contributed by atoms with Crippen molar-refractivity contribution in [3.05, 3.63) is 64.7 Å². The van der Waals surface area contributed by atoms with Crippen LogP contribution in [-0.2, 0) is 11.2 Å². The lowest BCUT2D eigenvalue weighted by Gasteiger charge is -2.31. The first-order chi connectivity index (χ1) is 14.7. The molecule has 1 aromatic heterocycles. The van der Waals surface area contributed by atoms with E-state index in [-0.39, 0.29) is 0 Å². The van der Waals surface area contributed by atoms with E-state index >= 15 is 0 Å². The van der Waals surface area contributed by atoms with Gasteiger partial charge in [-0.3, -0.25) is 0 Å². The minimum Gasteiger partial charge on any atom is -0.465 e. The van der Waals surface area contributed by atoms with E-state index in [0.717, 1.165) is 31.5 Å². The molecule has 0 saturated heterocycles. The quantitative estimate of drug-likeness (QED) is 0.422. The molecule has 0 aliphatic carbocycles. The van der Waals surface area contributed by atoms with Crippen molar-refractivity contribution in [2.24, 2.45) is 0 Å². The summed E-state index contributed by atoms with van der Waals surface area (Å²) in [5.41, 5.74) is 4.20. The first-order valence-corrected chi connectivity index (χ1v) is 10.5. The molecule has 0 amide bonds. The van der Waals surface area contributed by atoms with Crippen molar-refractivity contribution in [2.75, 3.05) is 37.0 Å². The van der Waals surface area contributed by atoms with Crippen molar-refractivity contribution in [1.29, 1.82) is 0 Å². The molecule has 30 heavy (non-hydrogen) atoms. The van der Waals surface area contributed by atoms with Crippen LogP contribution in [0.15, 0.2) is 53.1 Å². The fourth-order valence-corrected chi connectivity index (χ4v) is 3.95. The molecule has 6 nitrogen and oxygen atoms in total. The standard InChI is InChI=1S/C23H24ClN3O3/c1-29-23(28)20-21(17-9-11-18(24)12-10-17)26-30-22(20)25-13-5-15-27-14-4-7-16-6-2-3-8-19(16)27/h2-3,6,8-12,25H,4-5,7,13-15H2,1H3. The Bertz CT molecular complexity index is 1020. The number of para-hydroxylation sites is 1. The van der Waals surface area contributed by atoms with Crippen molar-refractivity contribution >= 4 is 29.1 Å². The zero-order chi connectivity index (χ0) is 20.9. The van der Waals surface area contributed by atoms with Crippen LogP contribution in [0.5, 0.6) is 0 Å². The minimum atomic E-state index is -0.492. The number of rotatable bonds is 7. The normalized spacial score (nSPS) is 13.1. The lowest BCUT2D eigenvalue weighted by Crippen LogP contribution is -2.31. The molecular weight excluding hydrogens is 402 g/mol. The molecule has 156 valence electrons. The third kappa shape index (κ3) is 4.28. The Balaban J connectivity index is 1.43. The minimum absolute atomic E-state index is 0.295. The van der Waals surface area contributed by atoms with E-state index in [1.165, 1.54) is 24.8 Å². The topological polar surface area (TPSA) is 67.6 Å². The number of methoxy groups -OCH3 is 1. The van der Waals surface area contributed by atoms with Crippen LogP contribution in [0, 0.1) is 0 Å². The lowest BCUT2D eigenvalue weighted by atomic mass is 10.0. The molecule has 0 saturated carbocycles. The third-order valence-corrected chi connectivity index (χ3v) is 5.55. The Hall–Kier alpha value is -2.99. The van der Waals surface area contributed by atoms with Gasteiger partial charge in [0, 0.05) is 35.9 Å². The van der Waals surface area contributed by atoms with Crippen LogP contribution in [0.2, 0.25) is 5.02 Å². The predicted molar refractivity (Wildman–Crippen MR) is 118 cm³/mol. The van der Waals surface area contributed by atoms with E-state index in [4.69, 9.17) is 20.9 Å². The van der Waals surface area contributed by atoms with Gasteiger partial charge in [-0.1, -0.05) is 47.1 Å². The Labute approximate surface area is 180 Å². The number of hydrogen-bond donors (Lipinski definition) is 1. The summed E-state index contributed by atoms with van der Waals surface area (Å²) in [4.78, 5) is 14.8. The first kappa shape index (κ1) is 20.3. The van der Waals surface area contributed by atoms with Gasteiger partial charge in [0.15, 0.2) is 5.56 Å². The number of nitrogens with zero attached hydrogens (tertiary/aromatic N) is 2. The van der Waals surface area contributed by atoms with Crippen LogP contribution >= 0.6 is 11.6 Å². The van der Waals surface area contributed by atoms with Crippen molar-refractivity contribution < 1.29 is 14.1 Å². The van der Waals surface area contributed by atoms with Gasteiger partial charge in [0.25, 0.3) is 0 Å². The Kier molecular flexibility index (Phi) is 6.23. The fraction of sp³-hybridized carbons (Fsp3) is 0.304. The third-order valence-electron chi connectivity index (χ3n) is 5.30. The second-order valence-corrected chi connectivity index (χ2v) is 7.67. The Morgan fingerprint density at radius 2 is 2.03 bits per heavy atom. The van der Waals surface area contributed by atoms with E-state index in [2.05, 4.69) is 39.6 Å². The van der Waals surface area contributed by atoms with Crippen LogP contribution in [0.3, 0.4) is 0 Å². The molecule has 0 spiro atoms. The number of carbonyl (C=O) groups is 1. The maximum Gasteiger partial charge on any atom is 0.345 e. The number of halogens is 1. The lowest BCUT2D eigenvalue weighted by molar-refractivity contribution is 0.0602. The van der Waals surface area contributed by atoms with E-state index in [0.29, 0.717) is 28.7 Å². The van der Waals surface area contributed by atoms with E-state index in [1.54, 1.807) is 24.3 Å². The molecule has 7 heteroatoms. The molecule has 3 aromatic rings. The number of benzene rings is 2.